The molecule has 0 saturated heterocycles. The smallest absolute Gasteiger partial charge is 0.124 e. The van der Waals surface area contributed by atoms with Crippen molar-refractivity contribution in [2.45, 2.75) is 13.0 Å². The largest absolute Gasteiger partial charge is 0.305 e. The van der Waals surface area contributed by atoms with Crippen molar-refractivity contribution >= 4 is 48.7 Å². The van der Waals surface area contributed by atoms with Gasteiger partial charge in [-0.1, -0.05) is 13.0 Å². The maximum absolute atomic E-state index is 13.3. The van der Waals surface area contributed by atoms with E-state index in [1.165, 1.54) is 15.8 Å². The van der Waals surface area contributed by atoms with Crippen molar-refractivity contribution in [1.29, 1.82) is 0 Å². The Hall–Kier alpha value is -0.750. The minimum absolute atomic E-state index is 0.176. The normalized spacial score (nSPS) is 12.9. The summed E-state index contributed by atoms with van der Waals surface area (Å²) in [5.41, 5.74) is 0. The summed E-state index contributed by atoms with van der Waals surface area (Å²) in [4.78, 5) is 2.49. The summed E-state index contributed by atoms with van der Waals surface area (Å²) in [6, 6.07) is 11.5. The number of fused-ring (bicyclic) bond motifs is 1. The second-order valence-electron chi connectivity index (χ2n) is 4.46. The molecule has 1 nitrogen and oxygen atoms in total. The number of thiophene rings is 2. The predicted octanol–water partition coefficient (Wildman–Crippen LogP) is 5.56. The van der Waals surface area contributed by atoms with Crippen molar-refractivity contribution in [3.8, 4) is 0 Å². The molecule has 3 rings (SSSR count). The fourth-order valence-corrected chi connectivity index (χ4v) is 4.97. The van der Waals surface area contributed by atoms with Crippen LogP contribution in [0, 0.1) is 5.82 Å². The van der Waals surface area contributed by atoms with Crippen molar-refractivity contribution in [2.24, 2.45) is 0 Å². The Kier molecular flexibility index (Phi) is 4.21. The molecule has 104 valence electrons. The Bertz CT molecular complexity index is 734. The molecular weight excluding hydrogens is 357 g/mol. The summed E-state index contributed by atoms with van der Waals surface area (Å²) in [6.07, 6.45) is 0. The first-order valence-electron chi connectivity index (χ1n) is 6.35. The Balaban J connectivity index is 2.04. The minimum Gasteiger partial charge on any atom is -0.305 e. The molecule has 3 aromatic rings. The van der Waals surface area contributed by atoms with Crippen molar-refractivity contribution in [3.05, 3.63) is 55.8 Å². The van der Waals surface area contributed by atoms with E-state index in [1.807, 2.05) is 6.07 Å². The molecule has 1 unspecified atom stereocenters. The van der Waals surface area contributed by atoms with Gasteiger partial charge in [-0.25, -0.2) is 4.39 Å². The molecule has 2 heterocycles. The molecule has 1 N–H and O–H groups in total. The summed E-state index contributed by atoms with van der Waals surface area (Å²) < 4.78 is 15.4. The lowest BCUT2D eigenvalue weighted by Crippen LogP contribution is -2.19. The van der Waals surface area contributed by atoms with Crippen molar-refractivity contribution in [1.82, 2.24) is 5.32 Å². The predicted molar refractivity (Wildman–Crippen MR) is 89.3 cm³/mol. The zero-order chi connectivity index (χ0) is 14.1. The Labute approximate surface area is 133 Å². The van der Waals surface area contributed by atoms with Gasteiger partial charge in [0.2, 0.25) is 0 Å². The van der Waals surface area contributed by atoms with Crippen LogP contribution in [0.1, 0.15) is 22.7 Å². The minimum atomic E-state index is -0.176. The lowest BCUT2D eigenvalue weighted by molar-refractivity contribution is 0.630. The van der Waals surface area contributed by atoms with Crippen LogP contribution in [0.4, 0.5) is 4.39 Å². The second kappa shape index (κ2) is 5.93. The molecule has 0 saturated carbocycles. The topological polar surface area (TPSA) is 12.0 Å². The monoisotopic (exact) mass is 369 g/mol. The molecule has 5 heteroatoms. The Morgan fingerprint density at radius 2 is 2.00 bits per heavy atom. The van der Waals surface area contributed by atoms with E-state index in [0.717, 1.165) is 20.4 Å². The zero-order valence-electron chi connectivity index (χ0n) is 10.8. The highest BCUT2D eigenvalue weighted by Gasteiger charge is 2.17. The van der Waals surface area contributed by atoms with Gasteiger partial charge in [0.15, 0.2) is 0 Å². The van der Waals surface area contributed by atoms with Gasteiger partial charge in [-0.05, 0) is 58.2 Å². The summed E-state index contributed by atoms with van der Waals surface area (Å²) in [5.74, 6) is -0.176. The van der Waals surface area contributed by atoms with Crippen molar-refractivity contribution in [2.75, 3.05) is 6.54 Å². The van der Waals surface area contributed by atoms with Gasteiger partial charge in [-0.15, -0.1) is 22.7 Å². The summed E-state index contributed by atoms with van der Waals surface area (Å²) in [6.45, 7) is 2.99. The molecule has 1 aromatic carbocycles. The standard InChI is InChI=1S/C15H13BrFNS2/c1-2-18-15(11-5-6-14(16)20-11)13-7-9-3-4-10(17)8-12(9)19-13/h3-8,15,18H,2H2,1H3. The number of rotatable bonds is 4. The fourth-order valence-electron chi connectivity index (χ4n) is 2.20. The van der Waals surface area contributed by atoms with E-state index in [1.54, 1.807) is 28.7 Å². The number of halogens is 2. The van der Waals surface area contributed by atoms with Crippen LogP contribution in [0.15, 0.2) is 40.2 Å². The SMILES string of the molecule is CCNC(c1ccc(Br)s1)c1cc2ccc(F)cc2s1. The molecule has 0 aliphatic carbocycles. The van der Waals surface area contributed by atoms with Gasteiger partial charge in [0.25, 0.3) is 0 Å². The van der Waals surface area contributed by atoms with Crippen LogP contribution in [-0.4, -0.2) is 6.54 Å². The van der Waals surface area contributed by atoms with Crippen molar-refractivity contribution < 1.29 is 4.39 Å². The number of hydrogen-bond acceptors (Lipinski definition) is 3. The molecule has 2 aromatic heterocycles. The Morgan fingerprint density at radius 1 is 1.15 bits per heavy atom. The molecule has 0 fully saturated rings. The second-order valence-corrected chi connectivity index (χ2v) is 8.07. The summed E-state index contributed by atoms with van der Waals surface area (Å²) >= 11 is 6.90. The number of hydrogen-bond donors (Lipinski definition) is 1. The molecule has 20 heavy (non-hydrogen) atoms. The van der Waals surface area contributed by atoms with Crippen LogP contribution in [0.3, 0.4) is 0 Å². The van der Waals surface area contributed by atoms with Crippen LogP contribution in [0.2, 0.25) is 0 Å². The number of benzene rings is 1. The quantitative estimate of drug-likeness (QED) is 0.634. The van der Waals surface area contributed by atoms with Crippen LogP contribution < -0.4 is 5.32 Å². The van der Waals surface area contributed by atoms with E-state index in [9.17, 15) is 4.39 Å². The number of nitrogens with one attached hydrogen (secondary N) is 1. The third-order valence-corrected chi connectivity index (χ3v) is 5.92. The van der Waals surface area contributed by atoms with Crippen LogP contribution in [0.25, 0.3) is 10.1 Å². The van der Waals surface area contributed by atoms with Crippen molar-refractivity contribution in [3.63, 3.8) is 0 Å². The first-order valence-corrected chi connectivity index (χ1v) is 8.77. The Morgan fingerprint density at radius 3 is 2.70 bits per heavy atom. The van der Waals surface area contributed by atoms with Gasteiger partial charge in [-0.3, -0.25) is 0 Å². The molecule has 0 aliphatic heterocycles. The van der Waals surface area contributed by atoms with E-state index in [4.69, 9.17) is 0 Å². The third-order valence-electron chi connectivity index (χ3n) is 3.07. The van der Waals surface area contributed by atoms with Gasteiger partial charge in [0, 0.05) is 14.5 Å². The molecule has 0 radical (unpaired) electrons. The molecule has 0 amide bonds. The molecular formula is C15H13BrFNS2. The lowest BCUT2D eigenvalue weighted by Gasteiger charge is -2.14. The van der Waals surface area contributed by atoms with Gasteiger partial charge < -0.3 is 5.32 Å². The van der Waals surface area contributed by atoms with Gasteiger partial charge in [0.05, 0.1) is 9.83 Å². The van der Waals surface area contributed by atoms with Crippen LogP contribution in [-0.2, 0) is 0 Å². The maximum atomic E-state index is 13.3. The highest BCUT2D eigenvalue weighted by Crippen LogP contribution is 2.37. The molecule has 0 aliphatic rings. The van der Waals surface area contributed by atoms with Crippen LogP contribution in [0.5, 0.6) is 0 Å². The van der Waals surface area contributed by atoms with E-state index >= 15 is 0 Å². The van der Waals surface area contributed by atoms with Gasteiger partial charge in [-0.2, -0.15) is 0 Å². The average Bonchev–Trinajstić information content (AvgIpc) is 3.01. The molecule has 0 spiro atoms. The first-order chi connectivity index (χ1) is 9.67. The highest BCUT2D eigenvalue weighted by atomic mass is 79.9. The van der Waals surface area contributed by atoms with E-state index in [-0.39, 0.29) is 11.9 Å². The summed E-state index contributed by atoms with van der Waals surface area (Å²) in [7, 11) is 0. The van der Waals surface area contributed by atoms with Crippen LogP contribution >= 0.6 is 38.6 Å². The lowest BCUT2D eigenvalue weighted by atomic mass is 10.1. The summed E-state index contributed by atoms with van der Waals surface area (Å²) in [5, 5.41) is 4.61. The first kappa shape index (κ1) is 14.2. The highest BCUT2D eigenvalue weighted by molar-refractivity contribution is 9.11. The van der Waals surface area contributed by atoms with E-state index in [0.29, 0.717) is 0 Å². The maximum Gasteiger partial charge on any atom is 0.124 e. The van der Waals surface area contributed by atoms with Gasteiger partial charge >= 0.3 is 0 Å². The van der Waals surface area contributed by atoms with Gasteiger partial charge in [0.1, 0.15) is 5.82 Å². The molecule has 0 bridgehead atoms. The average molecular weight is 370 g/mol. The van der Waals surface area contributed by atoms with E-state index < -0.39 is 0 Å². The molecule has 1 atom stereocenters. The zero-order valence-corrected chi connectivity index (χ0v) is 14.0. The van der Waals surface area contributed by atoms with E-state index in [2.05, 4.69) is 46.4 Å². The fraction of sp³-hybridized carbons (Fsp3) is 0.200. The third kappa shape index (κ3) is 2.81.